The smallest absolute Gasteiger partial charge is 0.228 e. The Morgan fingerprint density at radius 3 is 2.75 bits per heavy atom. The van der Waals surface area contributed by atoms with Crippen molar-refractivity contribution < 1.29 is 4.79 Å². The van der Waals surface area contributed by atoms with Crippen LogP contribution >= 0.6 is 11.3 Å². The molecule has 0 saturated carbocycles. The number of likely N-dealkylation sites (tertiary alicyclic amines) is 1. The second kappa shape index (κ2) is 6.89. The zero-order valence-corrected chi connectivity index (χ0v) is 14.5. The first-order valence-corrected chi connectivity index (χ1v) is 9.57. The molecule has 2 fully saturated rings. The molecule has 126 valence electrons. The lowest BCUT2D eigenvalue weighted by molar-refractivity contribution is -0.136. The summed E-state index contributed by atoms with van der Waals surface area (Å²) in [5, 5.41) is 2.10. The third-order valence-electron chi connectivity index (χ3n) is 5.01. The van der Waals surface area contributed by atoms with E-state index in [9.17, 15) is 4.79 Å². The van der Waals surface area contributed by atoms with Crippen LogP contribution in [0.5, 0.6) is 0 Å². The fraction of sp³-hybridized carbons (Fsp3) is 0.500. The molecular weight excluding hydrogens is 320 g/mol. The van der Waals surface area contributed by atoms with Crippen molar-refractivity contribution >= 4 is 23.2 Å². The molecule has 1 amide bonds. The van der Waals surface area contributed by atoms with Gasteiger partial charge in [-0.15, -0.1) is 11.3 Å². The van der Waals surface area contributed by atoms with Gasteiger partial charge < -0.3 is 9.80 Å². The third-order valence-corrected chi connectivity index (χ3v) is 5.99. The number of piperidine rings is 1. The van der Waals surface area contributed by atoms with E-state index in [4.69, 9.17) is 0 Å². The Labute approximate surface area is 146 Å². The average Bonchev–Trinajstić information content (AvgIpc) is 3.33. The highest BCUT2D eigenvalue weighted by Crippen LogP contribution is 2.36. The van der Waals surface area contributed by atoms with Crippen LogP contribution in [-0.4, -0.2) is 40.4 Å². The molecule has 2 aromatic heterocycles. The number of nitrogens with zero attached hydrogens (tertiary/aromatic N) is 4. The zero-order valence-electron chi connectivity index (χ0n) is 13.7. The predicted octanol–water partition coefficient (Wildman–Crippen LogP) is 3.12. The quantitative estimate of drug-likeness (QED) is 0.860. The number of hydrogen-bond acceptors (Lipinski definition) is 5. The fourth-order valence-electron chi connectivity index (χ4n) is 3.86. The molecule has 2 aromatic rings. The largest absolute Gasteiger partial charge is 0.340 e. The monoisotopic (exact) mass is 342 g/mol. The van der Waals surface area contributed by atoms with Gasteiger partial charge in [-0.3, -0.25) is 4.79 Å². The van der Waals surface area contributed by atoms with Gasteiger partial charge in [0, 0.05) is 36.9 Å². The zero-order chi connectivity index (χ0) is 16.4. The van der Waals surface area contributed by atoms with Gasteiger partial charge in [0.1, 0.15) is 0 Å². The summed E-state index contributed by atoms with van der Waals surface area (Å²) in [5.41, 5.74) is 0. The van der Waals surface area contributed by atoms with Gasteiger partial charge in [0.25, 0.3) is 0 Å². The van der Waals surface area contributed by atoms with Crippen molar-refractivity contribution in [3.8, 4) is 0 Å². The third kappa shape index (κ3) is 3.02. The highest BCUT2D eigenvalue weighted by atomic mass is 32.1. The Hall–Kier alpha value is -1.95. The van der Waals surface area contributed by atoms with Crippen LogP contribution in [-0.2, 0) is 4.79 Å². The number of thiophene rings is 1. The van der Waals surface area contributed by atoms with Crippen LogP contribution in [0.4, 0.5) is 5.95 Å². The van der Waals surface area contributed by atoms with Crippen LogP contribution < -0.4 is 4.90 Å². The first-order chi connectivity index (χ1) is 11.8. The maximum absolute atomic E-state index is 13.1. The van der Waals surface area contributed by atoms with Gasteiger partial charge in [0.15, 0.2) is 0 Å². The maximum atomic E-state index is 13.1. The van der Waals surface area contributed by atoms with E-state index in [-0.39, 0.29) is 12.0 Å². The summed E-state index contributed by atoms with van der Waals surface area (Å²) in [6, 6.07) is 6.34. The van der Waals surface area contributed by atoms with Crippen LogP contribution in [0, 0.1) is 5.92 Å². The van der Waals surface area contributed by atoms with Crippen molar-refractivity contribution in [1.29, 1.82) is 0 Å². The molecule has 0 aliphatic carbocycles. The molecule has 0 bridgehead atoms. The minimum absolute atomic E-state index is 0.0584. The molecule has 2 atom stereocenters. The van der Waals surface area contributed by atoms with Gasteiger partial charge >= 0.3 is 0 Å². The molecule has 4 rings (SSSR count). The molecule has 0 spiro atoms. The number of carbonyl (C=O) groups excluding carboxylic acids is 1. The molecule has 2 aliphatic rings. The first kappa shape index (κ1) is 15.6. The Bertz CT molecular complexity index is 676. The Morgan fingerprint density at radius 2 is 1.96 bits per heavy atom. The fourth-order valence-corrected chi connectivity index (χ4v) is 4.73. The molecule has 0 N–H and O–H groups in total. The van der Waals surface area contributed by atoms with Gasteiger partial charge in [-0.1, -0.05) is 6.07 Å². The molecule has 2 aliphatic heterocycles. The summed E-state index contributed by atoms with van der Waals surface area (Å²) in [6.07, 6.45) is 7.71. The van der Waals surface area contributed by atoms with Crippen LogP contribution in [0.2, 0.25) is 0 Å². The number of amides is 1. The lowest BCUT2D eigenvalue weighted by Gasteiger charge is -2.35. The summed E-state index contributed by atoms with van der Waals surface area (Å²) >= 11 is 1.76. The van der Waals surface area contributed by atoms with Gasteiger partial charge in [-0.25, -0.2) is 9.97 Å². The minimum atomic E-state index is 0.0584. The SMILES string of the molecule is O=C([C@H]1CCCN(c2ncccn2)C1)N1CCC[C@@H]1c1cccs1. The lowest BCUT2D eigenvalue weighted by atomic mass is 9.96. The van der Waals surface area contributed by atoms with Crippen LogP contribution in [0.3, 0.4) is 0 Å². The topological polar surface area (TPSA) is 49.3 Å². The minimum Gasteiger partial charge on any atom is -0.340 e. The summed E-state index contributed by atoms with van der Waals surface area (Å²) in [7, 11) is 0. The van der Waals surface area contributed by atoms with Crippen molar-refractivity contribution in [3.05, 3.63) is 40.8 Å². The Morgan fingerprint density at radius 1 is 1.12 bits per heavy atom. The molecule has 24 heavy (non-hydrogen) atoms. The van der Waals surface area contributed by atoms with E-state index >= 15 is 0 Å². The van der Waals surface area contributed by atoms with Gasteiger partial charge in [0.2, 0.25) is 11.9 Å². The van der Waals surface area contributed by atoms with Crippen molar-refractivity contribution in [1.82, 2.24) is 14.9 Å². The molecule has 0 radical (unpaired) electrons. The Balaban J connectivity index is 1.47. The van der Waals surface area contributed by atoms with Crippen molar-refractivity contribution in [2.75, 3.05) is 24.5 Å². The second-order valence-corrected chi connectivity index (χ2v) is 7.52. The normalized spacial score (nSPS) is 24.3. The number of carbonyl (C=O) groups is 1. The maximum Gasteiger partial charge on any atom is 0.228 e. The van der Waals surface area contributed by atoms with E-state index in [1.807, 2.05) is 6.07 Å². The molecule has 2 saturated heterocycles. The Kier molecular flexibility index (Phi) is 4.47. The van der Waals surface area contributed by atoms with Crippen LogP contribution in [0.15, 0.2) is 36.0 Å². The van der Waals surface area contributed by atoms with E-state index in [1.165, 1.54) is 4.88 Å². The molecule has 4 heterocycles. The summed E-state index contributed by atoms with van der Waals surface area (Å²) in [6.45, 7) is 2.55. The number of rotatable bonds is 3. The standard InChI is InChI=1S/C18H22N4OS/c23-17(22-11-2-6-15(22)16-7-3-12-24-16)14-5-1-10-21(13-14)18-19-8-4-9-20-18/h3-4,7-9,12,14-15H,1-2,5-6,10-11,13H2/t14-,15+/m0/s1. The lowest BCUT2D eigenvalue weighted by Crippen LogP contribution is -2.45. The first-order valence-electron chi connectivity index (χ1n) is 8.69. The van der Waals surface area contributed by atoms with Crippen molar-refractivity contribution in [3.63, 3.8) is 0 Å². The molecule has 6 heteroatoms. The number of anilines is 1. The van der Waals surface area contributed by atoms with E-state index in [1.54, 1.807) is 23.7 Å². The predicted molar refractivity (Wildman–Crippen MR) is 95.0 cm³/mol. The van der Waals surface area contributed by atoms with Crippen molar-refractivity contribution in [2.45, 2.75) is 31.7 Å². The second-order valence-electron chi connectivity index (χ2n) is 6.54. The molecule has 0 aromatic carbocycles. The number of hydrogen-bond donors (Lipinski definition) is 0. The summed E-state index contributed by atoms with van der Waals surface area (Å²) < 4.78 is 0. The number of aromatic nitrogens is 2. The van der Waals surface area contributed by atoms with Crippen LogP contribution in [0.1, 0.15) is 36.6 Å². The van der Waals surface area contributed by atoms with Crippen molar-refractivity contribution in [2.24, 2.45) is 5.92 Å². The van der Waals surface area contributed by atoms with Gasteiger partial charge in [0.05, 0.1) is 12.0 Å². The highest BCUT2D eigenvalue weighted by Gasteiger charge is 2.36. The summed E-state index contributed by atoms with van der Waals surface area (Å²) in [4.78, 5) is 27.4. The average molecular weight is 342 g/mol. The highest BCUT2D eigenvalue weighted by molar-refractivity contribution is 7.10. The van der Waals surface area contributed by atoms with E-state index < -0.39 is 0 Å². The molecular formula is C18H22N4OS. The molecule has 0 unspecified atom stereocenters. The van der Waals surface area contributed by atoms with E-state index in [0.29, 0.717) is 5.91 Å². The molecule has 5 nitrogen and oxygen atoms in total. The van der Waals surface area contributed by atoms with E-state index in [2.05, 4.69) is 37.3 Å². The van der Waals surface area contributed by atoms with Gasteiger partial charge in [-0.2, -0.15) is 0 Å². The van der Waals surface area contributed by atoms with Crippen LogP contribution in [0.25, 0.3) is 0 Å². The van der Waals surface area contributed by atoms with E-state index in [0.717, 1.165) is 51.3 Å². The van der Waals surface area contributed by atoms with Gasteiger partial charge in [-0.05, 0) is 43.2 Å². The summed E-state index contributed by atoms with van der Waals surface area (Å²) in [5.74, 6) is 1.11.